The Morgan fingerprint density at radius 1 is 0.956 bits per heavy atom. The fraction of sp³-hybridized carbons (Fsp3) is 0.371. The lowest BCUT2D eigenvalue weighted by molar-refractivity contribution is -0.137. The SMILES string of the molecule is N#Cc1ccccc1CN1CCC(CNC(=O)c2cc3cc(OC4CCN(c5ccc(C(F)(F)F)cc5)CC4)ccc3o2)CC1. The van der Waals surface area contributed by atoms with E-state index in [0.717, 1.165) is 79.7 Å². The fourth-order valence-electron chi connectivity index (χ4n) is 6.17. The zero-order valence-corrected chi connectivity index (χ0v) is 24.9. The smallest absolute Gasteiger partial charge is 0.416 e. The van der Waals surface area contributed by atoms with Gasteiger partial charge in [-0.05, 0) is 92.0 Å². The van der Waals surface area contributed by atoms with E-state index in [4.69, 9.17) is 9.15 Å². The van der Waals surface area contributed by atoms with Gasteiger partial charge in [-0.25, -0.2) is 0 Å². The number of carbonyl (C=O) groups excluding carboxylic acids is 1. The highest BCUT2D eigenvalue weighted by Crippen LogP contribution is 2.32. The van der Waals surface area contributed by atoms with E-state index in [1.807, 2.05) is 36.4 Å². The number of furan rings is 1. The van der Waals surface area contributed by atoms with E-state index < -0.39 is 11.7 Å². The van der Waals surface area contributed by atoms with Crippen molar-refractivity contribution in [3.05, 3.63) is 95.2 Å². The maximum absolute atomic E-state index is 12.9. The van der Waals surface area contributed by atoms with Crippen LogP contribution in [0, 0.1) is 17.2 Å². The number of carbonyl (C=O) groups is 1. The molecule has 1 aromatic heterocycles. The standard InChI is InChI=1S/C35H35F3N4O3/c36-35(37,38)28-5-7-29(8-6-28)42-17-13-30(14-18-42)44-31-9-10-32-27(19-31)20-33(45-32)34(43)40-22-24-11-15-41(16-12-24)23-26-4-2-1-3-25(26)21-39/h1-10,19-20,24,30H,11-18,22-23H2,(H,40,43). The molecule has 10 heteroatoms. The van der Waals surface area contributed by atoms with Crippen molar-refractivity contribution in [2.45, 2.75) is 44.5 Å². The van der Waals surface area contributed by atoms with Crippen molar-refractivity contribution < 1.29 is 27.1 Å². The summed E-state index contributed by atoms with van der Waals surface area (Å²) in [4.78, 5) is 17.3. The Kier molecular flexibility index (Phi) is 8.99. The second kappa shape index (κ2) is 13.2. The number of halogens is 3. The van der Waals surface area contributed by atoms with Gasteiger partial charge in [0.05, 0.1) is 17.2 Å². The van der Waals surface area contributed by atoms with E-state index in [9.17, 15) is 23.2 Å². The summed E-state index contributed by atoms with van der Waals surface area (Å²) in [7, 11) is 0. The second-order valence-electron chi connectivity index (χ2n) is 11.9. The summed E-state index contributed by atoms with van der Waals surface area (Å²) in [5, 5.41) is 13.2. The van der Waals surface area contributed by atoms with Crippen LogP contribution in [-0.4, -0.2) is 49.6 Å². The molecular weight excluding hydrogens is 581 g/mol. The monoisotopic (exact) mass is 616 g/mol. The summed E-state index contributed by atoms with van der Waals surface area (Å²) >= 11 is 0. The van der Waals surface area contributed by atoms with Gasteiger partial charge in [-0.15, -0.1) is 0 Å². The van der Waals surface area contributed by atoms with Crippen LogP contribution in [0.15, 0.2) is 77.2 Å². The second-order valence-corrected chi connectivity index (χ2v) is 11.9. The third-order valence-corrected chi connectivity index (χ3v) is 8.81. The minimum Gasteiger partial charge on any atom is -0.490 e. The van der Waals surface area contributed by atoms with Gasteiger partial charge < -0.3 is 19.4 Å². The molecule has 0 radical (unpaired) electrons. The summed E-state index contributed by atoms with van der Waals surface area (Å²) in [5.41, 5.74) is 2.50. The van der Waals surface area contributed by atoms with Crippen molar-refractivity contribution in [3.8, 4) is 11.8 Å². The average molecular weight is 617 g/mol. The van der Waals surface area contributed by atoms with E-state index in [0.29, 0.717) is 36.9 Å². The van der Waals surface area contributed by atoms with Gasteiger partial charge in [0.15, 0.2) is 5.76 Å². The topological polar surface area (TPSA) is 81.7 Å². The molecule has 0 aliphatic carbocycles. The molecule has 234 valence electrons. The lowest BCUT2D eigenvalue weighted by Crippen LogP contribution is -2.38. The number of nitriles is 1. The fourth-order valence-corrected chi connectivity index (χ4v) is 6.17. The normalized spacial score (nSPS) is 16.9. The minimum atomic E-state index is -4.34. The van der Waals surface area contributed by atoms with Crippen molar-refractivity contribution in [1.82, 2.24) is 10.2 Å². The van der Waals surface area contributed by atoms with Gasteiger partial charge in [0.1, 0.15) is 17.4 Å². The van der Waals surface area contributed by atoms with E-state index in [1.54, 1.807) is 12.1 Å². The molecule has 7 nitrogen and oxygen atoms in total. The molecule has 1 amide bonds. The number of anilines is 1. The van der Waals surface area contributed by atoms with Crippen LogP contribution in [0.2, 0.25) is 0 Å². The quantitative estimate of drug-likeness (QED) is 0.229. The number of piperidine rings is 2. The Labute approximate surface area is 260 Å². The molecule has 1 N–H and O–H groups in total. The molecule has 4 aromatic rings. The highest BCUT2D eigenvalue weighted by molar-refractivity contribution is 5.96. The van der Waals surface area contributed by atoms with Gasteiger partial charge in [0, 0.05) is 50.1 Å². The number of hydrogen-bond donors (Lipinski definition) is 1. The Morgan fingerprint density at radius 3 is 2.40 bits per heavy atom. The molecule has 0 saturated carbocycles. The molecule has 0 bridgehead atoms. The van der Waals surface area contributed by atoms with Gasteiger partial charge in [-0.2, -0.15) is 18.4 Å². The van der Waals surface area contributed by atoms with Gasteiger partial charge in [-0.3, -0.25) is 9.69 Å². The molecule has 0 spiro atoms. The molecule has 2 aliphatic rings. The lowest BCUT2D eigenvalue weighted by Gasteiger charge is -2.33. The van der Waals surface area contributed by atoms with Crippen molar-refractivity contribution >= 4 is 22.6 Å². The predicted molar refractivity (Wildman–Crippen MR) is 165 cm³/mol. The van der Waals surface area contributed by atoms with Crippen LogP contribution in [0.4, 0.5) is 18.9 Å². The minimum absolute atomic E-state index is 0.0182. The summed E-state index contributed by atoms with van der Waals surface area (Å²) in [6, 6.07) is 22.5. The Morgan fingerprint density at radius 2 is 1.69 bits per heavy atom. The van der Waals surface area contributed by atoms with Crippen molar-refractivity contribution in [2.24, 2.45) is 5.92 Å². The first-order valence-electron chi connectivity index (χ1n) is 15.4. The largest absolute Gasteiger partial charge is 0.490 e. The summed E-state index contributed by atoms with van der Waals surface area (Å²) in [6.07, 6.45) is -0.935. The van der Waals surface area contributed by atoms with E-state index in [2.05, 4.69) is 21.2 Å². The van der Waals surface area contributed by atoms with Crippen LogP contribution in [0.1, 0.15) is 52.9 Å². The number of rotatable bonds is 8. The highest BCUT2D eigenvalue weighted by atomic mass is 19.4. The molecule has 2 aliphatic heterocycles. The molecule has 3 heterocycles. The number of amides is 1. The van der Waals surface area contributed by atoms with Gasteiger partial charge in [0.25, 0.3) is 5.91 Å². The number of hydrogen-bond acceptors (Lipinski definition) is 6. The van der Waals surface area contributed by atoms with E-state index in [-0.39, 0.29) is 17.8 Å². The third-order valence-electron chi connectivity index (χ3n) is 8.81. The third kappa shape index (κ3) is 7.43. The van der Waals surface area contributed by atoms with Crippen molar-refractivity contribution in [2.75, 3.05) is 37.6 Å². The van der Waals surface area contributed by atoms with Crippen LogP contribution < -0.4 is 15.0 Å². The molecule has 6 rings (SSSR count). The molecular formula is C35H35F3N4O3. The number of fused-ring (bicyclic) bond motifs is 1. The zero-order chi connectivity index (χ0) is 31.4. The van der Waals surface area contributed by atoms with Crippen molar-refractivity contribution in [1.29, 1.82) is 5.26 Å². The van der Waals surface area contributed by atoms with Crippen LogP contribution in [0.25, 0.3) is 11.0 Å². The number of likely N-dealkylation sites (tertiary alicyclic amines) is 1. The Balaban J connectivity index is 0.961. The molecule has 0 unspecified atom stereocenters. The van der Waals surface area contributed by atoms with Crippen LogP contribution >= 0.6 is 0 Å². The van der Waals surface area contributed by atoms with E-state index in [1.165, 1.54) is 12.1 Å². The van der Waals surface area contributed by atoms with Crippen LogP contribution in [0.5, 0.6) is 5.75 Å². The van der Waals surface area contributed by atoms with Crippen LogP contribution in [0.3, 0.4) is 0 Å². The van der Waals surface area contributed by atoms with E-state index >= 15 is 0 Å². The summed E-state index contributed by atoms with van der Waals surface area (Å²) < 4.78 is 50.7. The zero-order valence-electron chi connectivity index (χ0n) is 24.9. The number of benzene rings is 3. The first-order valence-corrected chi connectivity index (χ1v) is 15.4. The van der Waals surface area contributed by atoms with Crippen molar-refractivity contribution in [3.63, 3.8) is 0 Å². The average Bonchev–Trinajstić information content (AvgIpc) is 3.48. The van der Waals surface area contributed by atoms with Crippen LogP contribution in [-0.2, 0) is 12.7 Å². The first-order chi connectivity index (χ1) is 21.7. The molecule has 2 fully saturated rings. The maximum Gasteiger partial charge on any atom is 0.416 e. The number of nitrogens with one attached hydrogen (secondary N) is 1. The summed E-state index contributed by atoms with van der Waals surface area (Å²) in [6.45, 7) is 4.54. The predicted octanol–water partition coefficient (Wildman–Crippen LogP) is 7.01. The molecule has 0 atom stereocenters. The molecule has 3 aromatic carbocycles. The van der Waals surface area contributed by atoms with Gasteiger partial charge >= 0.3 is 6.18 Å². The number of ether oxygens (including phenoxy) is 1. The molecule has 2 saturated heterocycles. The molecule has 45 heavy (non-hydrogen) atoms. The number of alkyl halides is 3. The van der Waals surface area contributed by atoms with Gasteiger partial charge in [0.2, 0.25) is 0 Å². The van der Waals surface area contributed by atoms with Gasteiger partial charge in [-0.1, -0.05) is 18.2 Å². The number of nitrogens with zero attached hydrogens (tertiary/aromatic N) is 3. The maximum atomic E-state index is 12.9. The highest BCUT2D eigenvalue weighted by Gasteiger charge is 2.30. The first kappa shape index (κ1) is 30.5. The Hall–Kier alpha value is -4.49. The lowest BCUT2D eigenvalue weighted by atomic mass is 9.96. The summed E-state index contributed by atoms with van der Waals surface area (Å²) in [5.74, 6) is 1.09. The Bertz CT molecular complexity index is 1660.